The fourth-order valence-corrected chi connectivity index (χ4v) is 5.01. The topological polar surface area (TPSA) is 112 Å². The van der Waals surface area contributed by atoms with Crippen molar-refractivity contribution in [1.82, 2.24) is 19.5 Å². The van der Waals surface area contributed by atoms with E-state index in [-0.39, 0.29) is 17.8 Å². The molecule has 2 aromatic heterocycles. The summed E-state index contributed by atoms with van der Waals surface area (Å²) < 4.78 is 7.79. The quantitative estimate of drug-likeness (QED) is 0.676. The number of ether oxygens (including phenoxy) is 1. The second-order valence-corrected chi connectivity index (χ2v) is 9.98. The van der Waals surface area contributed by atoms with Gasteiger partial charge in [-0.05, 0) is 39.5 Å². The Labute approximate surface area is 200 Å². The molecule has 3 heterocycles. The van der Waals surface area contributed by atoms with Crippen molar-refractivity contribution >= 4 is 23.2 Å². The minimum absolute atomic E-state index is 0.0422. The van der Waals surface area contributed by atoms with Crippen molar-refractivity contribution in [3.8, 4) is 0 Å². The van der Waals surface area contributed by atoms with Gasteiger partial charge in [-0.25, -0.2) is 15.0 Å². The highest BCUT2D eigenvalue weighted by Crippen LogP contribution is 2.35. The van der Waals surface area contributed by atoms with Gasteiger partial charge in [0.25, 0.3) is 5.56 Å². The van der Waals surface area contributed by atoms with Gasteiger partial charge >= 0.3 is 0 Å². The summed E-state index contributed by atoms with van der Waals surface area (Å²) in [5, 5.41) is 0. The molecule has 2 saturated carbocycles. The van der Waals surface area contributed by atoms with Crippen LogP contribution in [0, 0.1) is 6.92 Å². The Hall–Kier alpha value is -2.81. The first-order chi connectivity index (χ1) is 16.4. The normalized spacial score (nSPS) is 24.9. The van der Waals surface area contributed by atoms with Crippen LogP contribution < -0.4 is 16.2 Å². The number of fused-ring (bicyclic) bond motifs is 1. The molecular formula is C25H35N7O2. The maximum atomic E-state index is 13.2. The van der Waals surface area contributed by atoms with Crippen LogP contribution in [-0.4, -0.2) is 57.1 Å². The number of aryl methyl sites for hydroxylation is 1. The van der Waals surface area contributed by atoms with Crippen molar-refractivity contribution in [2.24, 2.45) is 17.8 Å². The third kappa shape index (κ3) is 4.58. The molecule has 2 unspecified atom stereocenters. The van der Waals surface area contributed by atoms with E-state index < -0.39 is 0 Å². The molecule has 0 aromatic carbocycles. The van der Waals surface area contributed by atoms with Gasteiger partial charge in [0.15, 0.2) is 5.52 Å². The lowest BCUT2D eigenvalue weighted by atomic mass is 9.86. The molecule has 2 N–H and O–H groups in total. The van der Waals surface area contributed by atoms with Crippen LogP contribution in [0.3, 0.4) is 0 Å². The van der Waals surface area contributed by atoms with Crippen LogP contribution in [0.25, 0.3) is 11.0 Å². The van der Waals surface area contributed by atoms with Crippen LogP contribution in [0.1, 0.15) is 69.3 Å². The fraction of sp³-hybridized carbons (Fsp3) is 0.640. The predicted molar refractivity (Wildman–Crippen MR) is 133 cm³/mol. The average molecular weight is 466 g/mol. The van der Waals surface area contributed by atoms with E-state index in [0.29, 0.717) is 47.9 Å². The number of nitrogens with two attached hydrogens (primary N) is 1. The first-order valence-corrected chi connectivity index (χ1v) is 12.5. The van der Waals surface area contributed by atoms with Crippen LogP contribution in [0.5, 0.6) is 0 Å². The third-order valence-corrected chi connectivity index (χ3v) is 7.25. The molecular weight excluding hydrogens is 430 g/mol. The summed E-state index contributed by atoms with van der Waals surface area (Å²) >= 11 is 0. The van der Waals surface area contributed by atoms with Crippen LogP contribution in [-0.2, 0) is 11.8 Å². The van der Waals surface area contributed by atoms with E-state index >= 15 is 0 Å². The minimum Gasteiger partial charge on any atom is -0.404 e. The molecule has 1 saturated heterocycles. The molecule has 0 amide bonds. The average Bonchev–Trinajstić information content (AvgIpc) is 3.67. The Balaban J connectivity index is 1.54. The molecule has 3 fully saturated rings. The lowest BCUT2D eigenvalue weighted by Gasteiger charge is -2.37. The van der Waals surface area contributed by atoms with Gasteiger partial charge in [-0.15, -0.1) is 0 Å². The van der Waals surface area contributed by atoms with Gasteiger partial charge in [0.2, 0.25) is 5.95 Å². The molecule has 182 valence electrons. The van der Waals surface area contributed by atoms with Crippen molar-refractivity contribution in [3.63, 3.8) is 0 Å². The van der Waals surface area contributed by atoms with E-state index in [1.54, 1.807) is 17.8 Å². The zero-order valence-electron chi connectivity index (χ0n) is 20.4. The molecule has 2 atom stereocenters. The van der Waals surface area contributed by atoms with Crippen molar-refractivity contribution in [3.05, 3.63) is 33.6 Å². The first kappa shape index (κ1) is 23.0. The molecule has 34 heavy (non-hydrogen) atoms. The molecule has 9 nitrogen and oxygen atoms in total. The second-order valence-electron chi connectivity index (χ2n) is 9.98. The third-order valence-electron chi connectivity index (χ3n) is 7.25. The molecule has 1 aliphatic heterocycles. The zero-order chi connectivity index (χ0) is 23.8. The molecule has 0 radical (unpaired) electrons. The number of anilines is 1. The SMILES string of the molecule is Cc1nc2c(C3CCCCC3)nc(N3CC(C)OC(C(C=NC4CC4)=CN)C3)nc2c(=O)n1C. The summed E-state index contributed by atoms with van der Waals surface area (Å²) in [7, 11) is 1.75. The number of nitrogens with zero attached hydrogens (tertiary/aromatic N) is 6. The van der Waals surface area contributed by atoms with Gasteiger partial charge in [0.1, 0.15) is 17.4 Å². The van der Waals surface area contributed by atoms with Gasteiger partial charge in [0.05, 0.1) is 24.4 Å². The number of rotatable bonds is 5. The Morgan fingerprint density at radius 1 is 1.09 bits per heavy atom. The highest BCUT2D eigenvalue weighted by Gasteiger charge is 2.31. The lowest BCUT2D eigenvalue weighted by molar-refractivity contribution is 0.00664. The predicted octanol–water partition coefficient (Wildman–Crippen LogP) is 2.75. The number of aromatic nitrogens is 4. The van der Waals surface area contributed by atoms with Crippen LogP contribution in [0.2, 0.25) is 0 Å². The first-order valence-electron chi connectivity index (χ1n) is 12.5. The Bertz CT molecular complexity index is 1180. The summed E-state index contributed by atoms with van der Waals surface area (Å²) in [5.74, 6) is 1.56. The summed E-state index contributed by atoms with van der Waals surface area (Å²) in [6.45, 7) is 5.10. The van der Waals surface area contributed by atoms with Crippen molar-refractivity contribution in [1.29, 1.82) is 0 Å². The van der Waals surface area contributed by atoms with E-state index in [4.69, 9.17) is 25.4 Å². The van der Waals surface area contributed by atoms with Gasteiger partial charge in [-0.3, -0.25) is 14.4 Å². The van der Waals surface area contributed by atoms with E-state index in [1.807, 2.05) is 20.1 Å². The monoisotopic (exact) mass is 465 g/mol. The van der Waals surface area contributed by atoms with Crippen LogP contribution in [0.4, 0.5) is 5.95 Å². The van der Waals surface area contributed by atoms with Gasteiger partial charge < -0.3 is 15.4 Å². The summed E-state index contributed by atoms with van der Waals surface area (Å²) in [5.41, 5.74) is 8.67. The molecule has 3 aliphatic rings. The van der Waals surface area contributed by atoms with Gasteiger partial charge in [-0.2, -0.15) is 0 Å². The fourth-order valence-electron chi connectivity index (χ4n) is 5.01. The highest BCUT2D eigenvalue weighted by molar-refractivity contribution is 5.80. The lowest BCUT2D eigenvalue weighted by Crippen LogP contribution is -2.48. The van der Waals surface area contributed by atoms with E-state index in [9.17, 15) is 4.79 Å². The largest absolute Gasteiger partial charge is 0.404 e. The number of hydrogen-bond donors (Lipinski definition) is 1. The van der Waals surface area contributed by atoms with E-state index in [2.05, 4.69) is 9.89 Å². The Morgan fingerprint density at radius 3 is 2.56 bits per heavy atom. The molecule has 0 spiro atoms. The van der Waals surface area contributed by atoms with Crippen LogP contribution >= 0.6 is 0 Å². The maximum absolute atomic E-state index is 13.2. The van der Waals surface area contributed by atoms with Gasteiger partial charge in [0, 0.05) is 37.5 Å². The number of morpholine rings is 1. The number of aliphatic imine (C=N–C) groups is 1. The summed E-state index contributed by atoms with van der Waals surface area (Å²) in [6.07, 6.45) is 11.2. The molecule has 0 bridgehead atoms. The Kier molecular flexibility index (Phi) is 6.38. The van der Waals surface area contributed by atoms with Gasteiger partial charge in [-0.1, -0.05) is 19.3 Å². The zero-order valence-corrected chi connectivity index (χ0v) is 20.4. The van der Waals surface area contributed by atoms with E-state index in [1.165, 1.54) is 19.3 Å². The molecule has 5 rings (SSSR count). The minimum atomic E-state index is -0.229. The van der Waals surface area contributed by atoms with E-state index in [0.717, 1.165) is 37.0 Å². The molecule has 9 heteroatoms. The standard InChI is InChI=1S/C25H35N7O2/c1-15-13-32(14-20(34-15)18(11-26)12-27-19-9-10-19)25-29-21(17-7-5-4-6-8-17)22-23(30-25)24(33)31(3)16(2)28-22/h11-12,15,17,19-20H,4-10,13-14,26H2,1-3H3. The highest BCUT2D eigenvalue weighted by atomic mass is 16.5. The second kappa shape index (κ2) is 9.44. The van der Waals surface area contributed by atoms with Crippen LogP contribution in [0.15, 0.2) is 21.6 Å². The summed E-state index contributed by atoms with van der Waals surface area (Å²) in [4.78, 5) is 34.5. The maximum Gasteiger partial charge on any atom is 0.279 e. The number of hydrogen-bond acceptors (Lipinski definition) is 8. The molecule has 2 aromatic rings. The van der Waals surface area contributed by atoms with Crippen molar-refractivity contribution in [2.75, 3.05) is 18.0 Å². The van der Waals surface area contributed by atoms with Crippen molar-refractivity contribution in [2.45, 2.75) is 83.0 Å². The Morgan fingerprint density at radius 2 is 1.85 bits per heavy atom. The molecule has 2 aliphatic carbocycles. The smallest absolute Gasteiger partial charge is 0.279 e. The van der Waals surface area contributed by atoms with Crippen molar-refractivity contribution < 1.29 is 4.74 Å². The summed E-state index contributed by atoms with van der Waals surface area (Å²) in [6, 6.07) is 0.418.